The van der Waals surface area contributed by atoms with Gasteiger partial charge in [-0.25, -0.2) is 4.98 Å². The molecule has 158 valence electrons. The molecule has 0 aliphatic carbocycles. The maximum absolute atomic E-state index is 13.1. The van der Waals surface area contributed by atoms with E-state index in [0.29, 0.717) is 34.0 Å². The molecule has 2 aromatic carbocycles. The van der Waals surface area contributed by atoms with Gasteiger partial charge in [-0.1, -0.05) is 52.0 Å². The first-order chi connectivity index (χ1) is 14.4. The normalized spacial score (nSPS) is 11.1. The molecule has 0 radical (unpaired) electrons. The second-order valence-electron chi connectivity index (χ2n) is 7.65. The van der Waals surface area contributed by atoms with Crippen LogP contribution in [0.1, 0.15) is 61.1 Å². The van der Waals surface area contributed by atoms with Crippen molar-refractivity contribution >= 4 is 22.9 Å². The van der Waals surface area contributed by atoms with Crippen LogP contribution in [0.5, 0.6) is 11.5 Å². The smallest absolute Gasteiger partial charge is 0.275 e. The van der Waals surface area contributed by atoms with Crippen LogP contribution in [0.3, 0.4) is 0 Å². The van der Waals surface area contributed by atoms with Crippen molar-refractivity contribution < 1.29 is 14.3 Å². The second-order valence-corrected chi connectivity index (χ2v) is 8.51. The molecule has 0 bridgehead atoms. The Morgan fingerprint density at radius 3 is 2.17 bits per heavy atom. The van der Waals surface area contributed by atoms with Crippen molar-refractivity contribution in [2.45, 2.75) is 39.5 Å². The summed E-state index contributed by atoms with van der Waals surface area (Å²) in [4.78, 5) is 17.6. The number of nitrogens with zero attached hydrogens (tertiary/aromatic N) is 1. The number of nitrogens with one attached hydrogen (secondary N) is 1. The van der Waals surface area contributed by atoms with E-state index in [1.165, 1.54) is 11.3 Å². The number of ether oxygens (including phenoxy) is 2. The number of anilines is 1. The maximum Gasteiger partial charge on any atom is 0.275 e. The summed E-state index contributed by atoms with van der Waals surface area (Å²) in [5, 5.41) is 5.60. The van der Waals surface area contributed by atoms with Crippen LogP contribution < -0.4 is 14.8 Å². The van der Waals surface area contributed by atoms with Gasteiger partial charge in [-0.2, -0.15) is 0 Å². The van der Waals surface area contributed by atoms with Gasteiger partial charge in [-0.3, -0.25) is 4.79 Å². The lowest BCUT2D eigenvalue weighted by Gasteiger charge is -2.19. The van der Waals surface area contributed by atoms with Crippen LogP contribution in [0.2, 0.25) is 0 Å². The number of methoxy groups -OCH3 is 2. The Bertz CT molecular complexity index is 1010. The Labute approximate surface area is 182 Å². The van der Waals surface area contributed by atoms with Crippen molar-refractivity contribution in [1.82, 2.24) is 4.98 Å². The highest BCUT2D eigenvalue weighted by Gasteiger charge is 2.20. The highest BCUT2D eigenvalue weighted by atomic mass is 32.1. The molecular weight excluding hydrogens is 396 g/mol. The fraction of sp³-hybridized carbons (Fsp3) is 0.333. The van der Waals surface area contributed by atoms with Crippen LogP contribution in [0.25, 0.3) is 10.6 Å². The SMILES string of the molecule is COc1cccc(-c2nc(C(=O)Nc3c(C(C)C)cccc3C(C)C)cs2)c1OC. The molecule has 0 atom stereocenters. The average molecular weight is 425 g/mol. The van der Waals surface area contributed by atoms with Gasteiger partial charge in [0.2, 0.25) is 0 Å². The zero-order valence-electron chi connectivity index (χ0n) is 18.3. The summed E-state index contributed by atoms with van der Waals surface area (Å²) in [5.41, 5.74) is 4.32. The standard InChI is InChI=1S/C24H28N2O3S/c1-14(2)16-9-7-10-17(15(3)4)21(16)26-23(27)19-13-30-24(25-19)18-11-8-12-20(28-5)22(18)29-6/h7-15H,1-6H3,(H,26,27). The molecule has 6 heteroatoms. The molecule has 5 nitrogen and oxygen atoms in total. The van der Waals surface area contributed by atoms with Crippen LogP contribution in [0.4, 0.5) is 5.69 Å². The molecule has 0 unspecified atom stereocenters. The van der Waals surface area contributed by atoms with Crippen molar-refractivity contribution in [3.8, 4) is 22.1 Å². The monoisotopic (exact) mass is 424 g/mol. The minimum atomic E-state index is -0.214. The predicted molar refractivity (Wildman–Crippen MR) is 123 cm³/mol. The van der Waals surface area contributed by atoms with Gasteiger partial charge in [-0.15, -0.1) is 11.3 Å². The zero-order chi connectivity index (χ0) is 21.8. The van der Waals surface area contributed by atoms with E-state index in [2.05, 4.69) is 56.2 Å². The summed E-state index contributed by atoms with van der Waals surface area (Å²) in [6, 6.07) is 11.8. The molecule has 3 aromatic rings. The number of para-hydroxylation sites is 2. The number of hydrogen-bond acceptors (Lipinski definition) is 5. The van der Waals surface area contributed by atoms with Crippen LogP contribution >= 0.6 is 11.3 Å². The molecule has 3 rings (SSSR count). The number of carbonyl (C=O) groups excluding carboxylic acids is 1. The van der Waals surface area contributed by atoms with E-state index in [9.17, 15) is 4.79 Å². The minimum Gasteiger partial charge on any atom is -0.493 e. The Morgan fingerprint density at radius 2 is 1.60 bits per heavy atom. The lowest BCUT2D eigenvalue weighted by molar-refractivity contribution is 0.102. The highest BCUT2D eigenvalue weighted by molar-refractivity contribution is 7.13. The molecule has 30 heavy (non-hydrogen) atoms. The summed E-state index contributed by atoms with van der Waals surface area (Å²) >= 11 is 1.40. The first kappa shape index (κ1) is 21.8. The summed E-state index contributed by atoms with van der Waals surface area (Å²) in [5.74, 6) is 1.61. The summed E-state index contributed by atoms with van der Waals surface area (Å²) in [6.45, 7) is 8.52. The largest absolute Gasteiger partial charge is 0.493 e. The molecule has 0 saturated heterocycles. The quantitative estimate of drug-likeness (QED) is 0.482. The fourth-order valence-electron chi connectivity index (χ4n) is 3.43. The third-order valence-corrected chi connectivity index (χ3v) is 5.86. The Hall–Kier alpha value is -2.86. The van der Waals surface area contributed by atoms with Gasteiger partial charge in [0.25, 0.3) is 5.91 Å². The highest BCUT2D eigenvalue weighted by Crippen LogP contribution is 2.39. The van der Waals surface area contributed by atoms with Gasteiger partial charge in [0.05, 0.1) is 19.8 Å². The molecule has 1 N–H and O–H groups in total. The number of carbonyl (C=O) groups is 1. The number of aromatic nitrogens is 1. The summed E-state index contributed by atoms with van der Waals surface area (Å²) < 4.78 is 10.9. The number of thiazole rings is 1. The van der Waals surface area contributed by atoms with Crippen LogP contribution in [0.15, 0.2) is 41.8 Å². The van der Waals surface area contributed by atoms with Gasteiger partial charge in [-0.05, 0) is 35.1 Å². The van der Waals surface area contributed by atoms with Crippen molar-refractivity contribution in [2.75, 3.05) is 19.5 Å². The molecule has 0 fully saturated rings. The number of rotatable bonds is 7. The zero-order valence-corrected chi connectivity index (χ0v) is 19.1. The lowest BCUT2D eigenvalue weighted by atomic mass is 9.92. The van der Waals surface area contributed by atoms with E-state index in [0.717, 1.165) is 22.4 Å². The van der Waals surface area contributed by atoms with Crippen molar-refractivity contribution in [3.05, 3.63) is 58.6 Å². The third kappa shape index (κ3) is 4.33. The molecular formula is C24H28N2O3S. The van der Waals surface area contributed by atoms with Gasteiger partial charge in [0.15, 0.2) is 11.5 Å². The maximum atomic E-state index is 13.1. The van der Waals surface area contributed by atoms with E-state index in [4.69, 9.17) is 9.47 Å². The topological polar surface area (TPSA) is 60.5 Å². The van der Waals surface area contributed by atoms with Crippen LogP contribution in [-0.4, -0.2) is 25.1 Å². The number of amides is 1. The van der Waals surface area contributed by atoms with Gasteiger partial charge in [0, 0.05) is 11.1 Å². The van der Waals surface area contributed by atoms with Crippen molar-refractivity contribution in [1.29, 1.82) is 0 Å². The van der Waals surface area contributed by atoms with Gasteiger partial charge >= 0.3 is 0 Å². The van der Waals surface area contributed by atoms with Crippen LogP contribution in [0, 0.1) is 0 Å². The van der Waals surface area contributed by atoms with E-state index in [1.54, 1.807) is 19.6 Å². The minimum absolute atomic E-state index is 0.214. The molecule has 0 aliphatic heterocycles. The van der Waals surface area contributed by atoms with Crippen molar-refractivity contribution in [2.24, 2.45) is 0 Å². The lowest BCUT2D eigenvalue weighted by Crippen LogP contribution is -2.16. The van der Waals surface area contributed by atoms with E-state index >= 15 is 0 Å². The van der Waals surface area contributed by atoms with Gasteiger partial charge in [0.1, 0.15) is 10.7 Å². The number of hydrogen-bond donors (Lipinski definition) is 1. The first-order valence-corrected chi connectivity index (χ1v) is 10.9. The number of benzene rings is 2. The van der Waals surface area contributed by atoms with E-state index in [-0.39, 0.29) is 5.91 Å². The predicted octanol–water partition coefficient (Wildman–Crippen LogP) is 6.33. The fourth-order valence-corrected chi connectivity index (χ4v) is 4.25. The third-order valence-electron chi connectivity index (χ3n) is 4.98. The summed E-state index contributed by atoms with van der Waals surface area (Å²) in [7, 11) is 3.19. The average Bonchev–Trinajstić information content (AvgIpc) is 3.23. The Balaban J connectivity index is 1.94. The second kappa shape index (κ2) is 9.30. The van der Waals surface area contributed by atoms with Crippen LogP contribution in [-0.2, 0) is 0 Å². The molecule has 1 aromatic heterocycles. The molecule has 0 aliphatic rings. The van der Waals surface area contributed by atoms with E-state index < -0.39 is 0 Å². The molecule has 0 saturated carbocycles. The Kier molecular flexibility index (Phi) is 6.77. The molecule has 1 heterocycles. The van der Waals surface area contributed by atoms with E-state index in [1.807, 2.05) is 18.2 Å². The molecule has 0 spiro atoms. The van der Waals surface area contributed by atoms with Crippen molar-refractivity contribution in [3.63, 3.8) is 0 Å². The van der Waals surface area contributed by atoms with Gasteiger partial charge < -0.3 is 14.8 Å². The Morgan fingerprint density at radius 1 is 0.967 bits per heavy atom. The first-order valence-electron chi connectivity index (χ1n) is 9.98. The summed E-state index contributed by atoms with van der Waals surface area (Å²) in [6.07, 6.45) is 0. The molecule has 1 amide bonds.